The average molecular weight is 230 g/mol. The van der Waals surface area contributed by atoms with Crippen LogP contribution in [0.2, 0.25) is 0 Å². The summed E-state index contributed by atoms with van der Waals surface area (Å²) in [5.74, 6) is 0.586. The van der Waals surface area contributed by atoms with E-state index in [1.807, 2.05) is 13.0 Å². The molecule has 1 heterocycles. The van der Waals surface area contributed by atoms with Gasteiger partial charge in [-0.1, -0.05) is 0 Å². The summed E-state index contributed by atoms with van der Waals surface area (Å²) in [7, 11) is 0. The molecule has 0 bridgehead atoms. The number of nitrogens with one attached hydrogen (secondary N) is 1. The maximum atomic E-state index is 11.9. The van der Waals surface area contributed by atoms with Crippen LogP contribution in [0.5, 0.6) is 0 Å². The van der Waals surface area contributed by atoms with E-state index < -0.39 is 0 Å². The van der Waals surface area contributed by atoms with Gasteiger partial charge in [-0.2, -0.15) is 0 Å². The van der Waals surface area contributed by atoms with Crippen molar-refractivity contribution in [1.82, 2.24) is 5.32 Å². The zero-order valence-electron chi connectivity index (χ0n) is 9.51. The summed E-state index contributed by atoms with van der Waals surface area (Å²) in [6, 6.07) is 10.3. The molecule has 0 saturated carbocycles. The number of benzene rings is 1. The molecule has 1 aromatic carbocycles. The Morgan fingerprint density at radius 1 is 1.29 bits per heavy atom. The highest BCUT2D eigenvalue weighted by Gasteiger charge is 2.12. The first-order chi connectivity index (χ1) is 8.16. The van der Waals surface area contributed by atoms with Crippen molar-refractivity contribution in [2.24, 2.45) is 0 Å². The van der Waals surface area contributed by atoms with Crippen LogP contribution in [0, 0.1) is 0 Å². The second-order valence-corrected chi connectivity index (χ2v) is 3.83. The molecule has 0 aliphatic carbocycles. The van der Waals surface area contributed by atoms with Crippen LogP contribution in [0.1, 0.15) is 29.1 Å². The highest BCUT2D eigenvalue weighted by molar-refractivity contribution is 5.94. The fourth-order valence-electron chi connectivity index (χ4n) is 1.52. The number of hydrogen-bond acceptors (Lipinski definition) is 3. The monoisotopic (exact) mass is 230 g/mol. The third kappa shape index (κ3) is 2.66. The van der Waals surface area contributed by atoms with Gasteiger partial charge < -0.3 is 15.5 Å². The quantitative estimate of drug-likeness (QED) is 0.795. The lowest BCUT2D eigenvalue weighted by molar-refractivity contribution is 0.0935. The first-order valence-corrected chi connectivity index (χ1v) is 5.36. The third-order valence-electron chi connectivity index (χ3n) is 2.49. The molecule has 1 aromatic heterocycles. The Hall–Kier alpha value is -2.23. The van der Waals surface area contributed by atoms with E-state index in [1.165, 1.54) is 0 Å². The van der Waals surface area contributed by atoms with E-state index in [-0.39, 0.29) is 11.9 Å². The lowest BCUT2D eigenvalue weighted by atomic mass is 10.1. The first-order valence-electron chi connectivity index (χ1n) is 5.36. The van der Waals surface area contributed by atoms with Crippen LogP contribution in [0.4, 0.5) is 5.69 Å². The molecule has 0 aliphatic rings. The zero-order valence-corrected chi connectivity index (χ0v) is 9.51. The van der Waals surface area contributed by atoms with Crippen LogP contribution < -0.4 is 11.1 Å². The summed E-state index contributed by atoms with van der Waals surface area (Å²) in [6.07, 6.45) is 1.58. The van der Waals surface area contributed by atoms with Crippen LogP contribution in [0.3, 0.4) is 0 Å². The minimum atomic E-state index is -0.157. The molecule has 2 rings (SSSR count). The number of carbonyl (C=O) groups excluding carboxylic acids is 1. The van der Waals surface area contributed by atoms with Gasteiger partial charge in [0.15, 0.2) is 0 Å². The van der Waals surface area contributed by atoms with E-state index in [0.717, 1.165) is 5.76 Å². The molecular weight excluding hydrogens is 216 g/mol. The highest BCUT2D eigenvalue weighted by Crippen LogP contribution is 2.13. The van der Waals surface area contributed by atoms with Crippen molar-refractivity contribution in [3.8, 4) is 0 Å². The van der Waals surface area contributed by atoms with Gasteiger partial charge in [-0.3, -0.25) is 4.79 Å². The molecule has 0 radical (unpaired) electrons. The van der Waals surface area contributed by atoms with Crippen LogP contribution >= 0.6 is 0 Å². The maximum Gasteiger partial charge on any atom is 0.251 e. The third-order valence-corrected chi connectivity index (χ3v) is 2.49. The van der Waals surface area contributed by atoms with Gasteiger partial charge in [0.2, 0.25) is 0 Å². The SMILES string of the molecule is CC(NC(=O)c1ccc(N)cc1)c1ccco1. The summed E-state index contributed by atoms with van der Waals surface area (Å²) in [6.45, 7) is 1.87. The summed E-state index contributed by atoms with van der Waals surface area (Å²) < 4.78 is 5.22. The fraction of sp³-hybridized carbons (Fsp3) is 0.154. The predicted molar refractivity (Wildman–Crippen MR) is 65.4 cm³/mol. The van der Waals surface area contributed by atoms with Gasteiger partial charge >= 0.3 is 0 Å². The number of anilines is 1. The van der Waals surface area contributed by atoms with Crippen molar-refractivity contribution in [2.75, 3.05) is 5.73 Å². The zero-order chi connectivity index (χ0) is 12.3. The summed E-state index contributed by atoms with van der Waals surface area (Å²) >= 11 is 0. The normalized spacial score (nSPS) is 12.1. The van der Waals surface area contributed by atoms with Crippen molar-refractivity contribution in [3.05, 3.63) is 54.0 Å². The molecule has 4 nitrogen and oxygen atoms in total. The molecule has 0 fully saturated rings. The minimum absolute atomic E-state index is 0.145. The number of hydrogen-bond donors (Lipinski definition) is 2. The van der Waals surface area contributed by atoms with Crippen molar-refractivity contribution in [2.45, 2.75) is 13.0 Å². The molecule has 17 heavy (non-hydrogen) atoms. The van der Waals surface area contributed by atoms with E-state index in [0.29, 0.717) is 11.3 Å². The Labute approximate surface area is 99.4 Å². The Balaban J connectivity index is 2.04. The van der Waals surface area contributed by atoms with E-state index >= 15 is 0 Å². The maximum absolute atomic E-state index is 11.9. The Morgan fingerprint density at radius 3 is 2.59 bits per heavy atom. The fourth-order valence-corrected chi connectivity index (χ4v) is 1.52. The molecule has 2 aromatic rings. The first kappa shape index (κ1) is 11.3. The molecule has 1 unspecified atom stereocenters. The minimum Gasteiger partial charge on any atom is -0.467 e. The lowest BCUT2D eigenvalue weighted by Crippen LogP contribution is -2.26. The van der Waals surface area contributed by atoms with Crippen molar-refractivity contribution in [3.63, 3.8) is 0 Å². The van der Waals surface area contributed by atoms with Gasteiger partial charge in [0.05, 0.1) is 12.3 Å². The van der Waals surface area contributed by atoms with Gasteiger partial charge in [-0.25, -0.2) is 0 Å². The second-order valence-electron chi connectivity index (χ2n) is 3.83. The standard InChI is InChI=1S/C13H14N2O2/c1-9(12-3-2-8-17-12)15-13(16)10-4-6-11(14)7-5-10/h2-9H,14H2,1H3,(H,15,16). The van der Waals surface area contributed by atoms with Crippen molar-refractivity contribution < 1.29 is 9.21 Å². The smallest absolute Gasteiger partial charge is 0.251 e. The molecule has 88 valence electrons. The number of rotatable bonds is 3. The number of nitrogen functional groups attached to an aromatic ring is 1. The number of amides is 1. The number of furan rings is 1. The Bertz CT molecular complexity index is 489. The molecule has 4 heteroatoms. The van der Waals surface area contributed by atoms with Crippen molar-refractivity contribution >= 4 is 11.6 Å². The molecule has 0 saturated heterocycles. The summed E-state index contributed by atoms with van der Waals surface area (Å²) in [5.41, 5.74) is 6.78. The predicted octanol–water partition coefficient (Wildman–Crippen LogP) is 2.35. The van der Waals surface area contributed by atoms with E-state index in [4.69, 9.17) is 10.2 Å². The second kappa shape index (κ2) is 4.74. The lowest BCUT2D eigenvalue weighted by Gasteiger charge is -2.11. The van der Waals surface area contributed by atoms with Gasteiger partial charge in [0.1, 0.15) is 5.76 Å². The molecule has 3 N–H and O–H groups in total. The Morgan fingerprint density at radius 2 is 2.00 bits per heavy atom. The average Bonchev–Trinajstić information content (AvgIpc) is 2.83. The van der Waals surface area contributed by atoms with Gasteiger partial charge in [0.25, 0.3) is 5.91 Å². The summed E-state index contributed by atoms with van der Waals surface area (Å²) in [4.78, 5) is 11.9. The van der Waals surface area contributed by atoms with Crippen LogP contribution in [-0.2, 0) is 0 Å². The largest absolute Gasteiger partial charge is 0.467 e. The molecule has 0 spiro atoms. The van der Waals surface area contributed by atoms with Gasteiger partial charge in [-0.15, -0.1) is 0 Å². The van der Waals surface area contributed by atoms with E-state index in [9.17, 15) is 4.79 Å². The summed E-state index contributed by atoms with van der Waals surface area (Å²) in [5, 5.41) is 2.84. The van der Waals surface area contributed by atoms with Crippen LogP contribution in [0.15, 0.2) is 47.1 Å². The number of carbonyl (C=O) groups is 1. The van der Waals surface area contributed by atoms with Gasteiger partial charge in [-0.05, 0) is 43.3 Å². The highest BCUT2D eigenvalue weighted by atomic mass is 16.3. The van der Waals surface area contributed by atoms with E-state index in [2.05, 4.69) is 5.32 Å². The molecular formula is C13H14N2O2. The van der Waals surface area contributed by atoms with Crippen LogP contribution in [-0.4, -0.2) is 5.91 Å². The Kier molecular flexibility index (Phi) is 3.14. The molecule has 1 atom stereocenters. The molecule has 1 amide bonds. The van der Waals surface area contributed by atoms with Crippen molar-refractivity contribution in [1.29, 1.82) is 0 Å². The van der Waals surface area contributed by atoms with Crippen LogP contribution in [0.25, 0.3) is 0 Å². The molecule has 0 aliphatic heterocycles. The van der Waals surface area contributed by atoms with E-state index in [1.54, 1.807) is 36.6 Å². The number of nitrogens with two attached hydrogens (primary N) is 1. The van der Waals surface area contributed by atoms with Gasteiger partial charge in [0, 0.05) is 11.3 Å². The topological polar surface area (TPSA) is 68.3 Å².